The molecule has 0 fully saturated rings. The van der Waals surface area contributed by atoms with Gasteiger partial charge in [0, 0.05) is 11.6 Å². The molecule has 0 spiro atoms. The zero-order chi connectivity index (χ0) is 14.8. The van der Waals surface area contributed by atoms with Crippen molar-refractivity contribution in [1.82, 2.24) is 4.90 Å². The van der Waals surface area contributed by atoms with Gasteiger partial charge in [-0.1, -0.05) is 19.1 Å². The molecule has 0 aliphatic rings. The lowest BCUT2D eigenvalue weighted by Gasteiger charge is -2.41. The van der Waals surface area contributed by atoms with Crippen LogP contribution in [0.3, 0.4) is 0 Å². The van der Waals surface area contributed by atoms with Crippen molar-refractivity contribution in [3.8, 4) is 0 Å². The van der Waals surface area contributed by atoms with Crippen LogP contribution in [0.25, 0.3) is 0 Å². The number of hydrogen-bond acceptors (Lipinski definition) is 2. The predicted molar refractivity (Wildman–Crippen MR) is 70.8 cm³/mol. The maximum atomic E-state index is 12.7. The Morgan fingerprint density at radius 1 is 1.26 bits per heavy atom. The summed E-state index contributed by atoms with van der Waals surface area (Å²) in [6.07, 6.45) is -3.59. The third-order valence-electron chi connectivity index (χ3n) is 3.98. The number of halogens is 3. The van der Waals surface area contributed by atoms with Crippen LogP contribution in [0.4, 0.5) is 13.2 Å². The van der Waals surface area contributed by atoms with E-state index in [1.807, 2.05) is 32.8 Å². The second-order valence-electron chi connectivity index (χ2n) is 5.21. The molecular formula is C14H21F3N2. The Labute approximate surface area is 112 Å². The molecule has 2 atom stereocenters. The van der Waals surface area contributed by atoms with Crippen molar-refractivity contribution in [3.05, 3.63) is 35.4 Å². The number of nitrogens with zero attached hydrogens (tertiary/aromatic N) is 1. The fraction of sp³-hybridized carbons (Fsp3) is 0.571. The minimum absolute atomic E-state index is 0.385. The van der Waals surface area contributed by atoms with Gasteiger partial charge in [-0.3, -0.25) is 0 Å². The van der Waals surface area contributed by atoms with Gasteiger partial charge in [0.1, 0.15) is 0 Å². The molecule has 1 aromatic carbocycles. The van der Waals surface area contributed by atoms with Gasteiger partial charge in [0.25, 0.3) is 0 Å². The lowest BCUT2D eigenvalue weighted by atomic mass is 9.83. The fourth-order valence-electron chi connectivity index (χ4n) is 2.08. The third kappa shape index (κ3) is 3.28. The largest absolute Gasteiger partial charge is 0.416 e. The van der Waals surface area contributed by atoms with Crippen LogP contribution >= 0.6 is 0 Å². The van der Waals surface area contributed by atoms with Crippen molar-refractivity contribution in [2.45, 2.75) is 38.0 Å². The first kappa shape index (κ1) is 16.0. The summed E-state index contributed by atoms with van der Waals surface area (Å²) < 4.78 is 38.2. The fourth-order valence-corrected chi connectivity index (χ4v) is 2.08. The summed E-state index contributed by atoms with van der Waals surface area (Å²) in [4.78, 5) is 1.96. The molecular weight excluding hydrogens is 253 g/mol. The number of alkyl halides is 3. The standard InChI is InChI=1S/C14H21F3N2/c1-5-13(2,19(3)4)12(18)10-7-6-8-11(9-10)14(15,16)17/h6-9,12H,5,18H2,1-4H3. The Balaban J connectivity index is 3.16. The molecule has 2 N–H and O–H groups in total. The summed E-state index contributed by atoms with van der Waals surface area (Å²) in [6, 6.07) is 4.79. The van der Waals surface area contributed by atoms with Crippen molar-refractivity contribution in [1.29, 1.82) is 0 Å². The second-order valence-corrected chi connectivity index (χ2v) is 5.21. The van der Waals surface area contributed by atoms with E-state index in [0.717, 1.165) is 18.6 Å². The van der Waals surface area contributed by atoms with E-state index in [1.54, 1.807) is 6.07 Å². The van der Waals surface area contributed by atoms with Gasteiger partial charge in [0.2, 0.25) is 0 Å². The van der Waals surface area contributed by atoms with Crippen LogP contribution in [-0.2, 0) is 6.18 Å². The van der Waals surface area contributed by atoms with Gasteiger partial charge in [-0.2, -0.15) is 13.2 Å². The van der Waals surface area contributed by atoms with Crippen LogP contribution in [0.5, 0.6) is 0 Å². The summed E-state index contributed by atoms with van der Waals surface area (Å²) in [5.41, 5.74) is 5.66. The highest BCUT2D eigenvalue weighted by Gasteiger charge is 2.35. The molecule has 1 rings (SSSR count). The van der Waals surface area contributed by atoms with E-state index in [0.29, 0.717) is 5.56 Å². The molecule has 0 heterocycles. The van der Waals surface area contributed by atoms with E-state index < -0.39 is 17.8 Å². The number of rotatable bonds is 4. The Morgan fingerprint density at radius 3 is 2.26 bits per heavy atom. The minimum Gasteiger partial charge on any atom is -0.322 e. The predicted octanol–water partition coefficient (Wildman–Crippen LogP) is 3.44. The molecule has 0 saturated heterocycles. The average molecular weight is 274 g/mol. The van der Waals surface area contributed by atoms with E-state index in [1.165, 1.54) is 6.07 Å². The van der Waals surface area contributed by atoms with Crippen LogP contribution in [0.1, 0.15) is 37.4 Å². The number of benzene rings is 1. The van der Waals surface area contributed by atoms with Gasteiger partial charge in [-0.15, -0.1) is 0 Å². The lowest BCUT2D eigenvalue weighted by molar-refractivity contribution is -0.137. The molecule has 2 unspecified atom stereocenters. The molecule has 0 saturated carbocycles. The number of likely N-dealkylation sites (N-methyl/N-ethyl adjacent to an activating group) is 1. The van der Waals surface area contributed by atoms with Gasteiger partial charge >= 0.3 is 6.18 Å². The molecule has 0 radical (unpaired) electrons. The van der Waals surface area contributed by atoms with Gasteiger partial charge < -0.3 is 10.6 Å². The Morgan fingerprint density at radius 2 is 1.84 bits per heavy atom. The first-order valence-corrected chi connectivity index (χ1v) is 6.23. The molecule has 1 aromatic rings. The van der Waals surface area contributed by atoms with Gasteiger partial charge in [-0.25, -0.2) is 0 Å². The molecule has 108 valence electrons. The maximum absolute atomic E-state index is 12.7. The smallest absolute Gasteiger partial charge is 0.322 e. The molecule has 0 aliphatic heterocycles. The second kappa shape index (κ2) is 5.51. The van der Waals surface area contributed by atoms with Crippen molar-refractivity contribution in [3.63, 3.8) is 0 Å². The van der Waals surface area contributed by atoms with Crippen LogP contribution in [0.15, 0.2) is 24.3 Å². The van der Waals surface area contributed by atoms with E-state index in [-0.39, 0.29) is 5.54 Å². The van der Waals surface area contributed by atoms with Crippen LogP contribution in [0, 0.1) is 0 Å². The minimum atomic E-state index is -4.34. The molecule has 0 aromatic heterocycles. The Hall–Kier alpha value is -1.07. The highest BCUT2D eigenvalue weighted by molar-refractivity contribution is 5.29. The topological polar surface area (TPSA) is 29.3 Å². The van der Waals surface area contributed by atoms with Crippen molar-refractivity contribution < 1.29 is 13.2 Å². The first-order chi connectivity index (χ1) is 8.63. The molecule has 2 nitrogen and oxygen atoms in total. The van der Waals surface area contributed by atoms with Gasteiger partial charge in [0.15, 0.2) is 0 Å². The summed E-state index contributed by atoms with van der Waals surface area (Å²) in [6.45, 7) is 3.94. The average Bonchev–Trinajstić information content (AvgIpc) is 2.35. The lowest BCUT2D eigenvalue weighted by Crippen LogP contribution is -2.49. The molecule has 5 heteroatoms. The van der Waals surface area contributed by atoms with Gasteiger partial charge in [-0.05, 0) is 45.1 Å². The Bertz CT molecular complexity index is 429. The Kier molecular flexibility index (Phi) is 4.63. The molecule has 0 aliphatic carbocycles. The van der Waals surface area contributed by atoms with Crippen LogP contribution in [-0.4, -0.2) is 24.5 Å². The molecule has 19 heavy (non-hydrogen) atoms. The monoisotopic (exact) mass is 274 g/mol. The van der Waals surface area contributed by atoms with Crippen molar-refractivity contribution >= 4 is 0 Å². The molecule has 0 amide bonds. The summed E-state index contributed by atoms with van der Waals surface area (Å²) >= 11 is 0. The van der Waals surface area contributed by atoms with Crippen molar-refractivity contribution in [2.75, 3.05) is 14.1 Å². The van der Waals surface area contributed by atoms with E-state index in [9.17, 15) is 13.2 Å². The SMILES string of the molecule is CCC(C)(C(N)c1cccc(C(F)(F)F)c1)N(C)C. The highest BCUT2D eigenvalue weighted by atomic mass is 19.4. The third-order valence-corrected chi connectivity index (χ3v) is 3.98. The van der Waals surface area contributed by atoms with Crippen LogP contribution in [0.2, 0.25) is 0 Å². The molecule has 0 bridgehead atoms. The first-order valence-electron chi connectivity index (χ1n) is 6.23. The van der Waals surface area contributed by atoms with Crippen LogP contribution < -0.4 is 5.73 Å². The number of nitrogens with two attached hydrogens (primary N) is 1. The van der Waals surface area contributed by atoms with Gasteiger partial charge in [0.05, 0.1) is 5.56 Å². The summed E-state index contributed by atoms with van der Waals surface area (Å²) in [5, 5.41) is 0. The van der Waals surface area contributed by atoms with E-state index >= 15 is 0 Å². The quantitative estimate of drug-likeness (QED) is 0.911. The van der Waals surface area contributed by atoms with E-state index in [2.05, 4.69) is 0 Å². The number of hydrogen-bond donors (Lipinski definition) is 1. The van der Waals surface area contributed by atoms with E-state index in [4.69, 9.17) is 5.73 Å². The zero-order valence-corrected chi connectivity index (χ0v) is 11.8. The summed E-state index contributed by atoms with van der Waals surface area (Å²) in [5.74, 6) is 0. The zero-order valence-electron chi connectivity index (χ0n) is 11.8. The normalized spacial score (nSPS) is 17.3. The highest BCUT2D eigenvalue weighted by Crippen LogP contribution is 2.34. The maximum Gasteiger partial charge on any atom is 0.416 e. The van der Waals surface area contributed by atoms with Crippen molar-refractivity contribution in [2.24, 2.45) is 5.73 Å². The summed E-state index contributed by atoms with van der Waals surface area (Å²) in [7, 11) is 3.77.